The molecule has 0 atom stereocenters. The third-order valence-corrected chi connectivity index (χ3v) is 5.25. The smallest absolute Gasteiger partial charge is 0.187 e. The summed E-state index contributed by atoms with van der Waals surface area (Å²) in [6.07, 6.45) is 2.00. The number of aromatic nitrogens is 3. The van der Waals surface area contributed by atoms with E-state index in [1.54, 1.807) is 11.3 Å². The third kappa shape index (κ3) is 2.81. The van der Waals surface area contributed by atoms with E-state index in [9.17, 15) is 0 Å². The molecule has 0 aliphatic rings. The number of nitrogens with zero attached hydrogens (tertiary/aromatic N) is 3. The Kier molecular flexibility index (Phi) is 4.04. The van der Waals surface area contributed by atoms with Gasteiger partial charge < -0.3 is 5.32 Å². The number of thiazole rings is 1. The van der Waals surface area contributed by atoms with E-state index in [-0.39, 0.29) is 0 Å². The van der Waals surface area contributed by atoms with Gasteiger partial charge in [-0.15, -0.1) is 11.3 Å². The quantitative estimate of drug-likeness (QED) is 0.448. The number of rotatable bonds is 3. The van der Waals surface area contributed by atoms with Crippen LogP contribution in [0.1, 0.15) is 5.69 Å². The second-order valence-corrected chi connectivity index (χ2v) is 7.41. The van der Waals surface area contributed by atoms with Gasteiger partial charge in [0.15, 0.2) is 10.8 Å². The molecular weight excluding hydrogens is 408 g/mol. The molecule has 120 valence electrons. The molecule has 24 heavy (non-hydrogen) atoms. The van der Waals surface area contributed by atoms with Gasteiger partial charge in [-0.05, 0) is 59.3 Å². The lowest BCUT2D eigenvalue weighted by Gasteiger charge is -2.02. The molecule has 4 aromatic rings. The average Bonchev–Trinajstić information content (AvgIpc) is 3.14. The van der Waals surface area contributed by atoms with Crippen LogP contribution in [0.5, 0.6) is 0 Å². The first-order valence-electron chi connectivity index (χ1n) is 7.23. The number of imidazole rings is 1. The summed E-state index contributed by atoms with van der Waals surface area (Å²) in [4.78, 5) is 9.35. The lowest BCUT2D eigenvalue weighted by molar-refractivity contribution is 1.17. The van der Waals surface area contributed by atoms with Crippen LogP contribution in [0.2, 0.25) is 5.02 Å². The molecule has 0 unspecified atom stereocenters. The van der Waals surface area contributed by atoms with Gasteiger partial charge in [-0.1, -0.05) is 11.6 Å². The number of pyridine rings is 1. The zero-order chi connectivity index (χ0) is 16.7. The normalized spacial score (nSPS) is 11.1. The van der Waals surface area contributed by atoms with Crippen LogP contribution in [-0.2, 0) is 0 Å². The fraction of sp³-hybridized carbons (Fsp3) is 0.0588. The first-order chi connectivity index (χ1) is 11.6. The van der Waals surface area contributed by atoms with Crippen LogP contribution in [0.4, 0.5) is 10.8 Å². The molecule has 0 spiro atoms. The molecular formula is C17H12BrClN4S. The highest BCUT2D eigenvalue weighted by molar-refractivity contribution is 9.10. The minimum Gasteiger partial charge on any atom is -0.332 e. The molecule has 0 aliphatic heterocycles. The van der Waals surface area contributed by atoms with Crippen molar-refractivity contribution in [3.8, 4) is 11.4 Å². The van der Waals surface area contributed by atoms with Gasteiger partial charge in [-0.2, -0.15) is 0 Å². The maximum atomic E-state index is 5.92. The summed E-state index contributed by atoms with van der Waals surface area (Å²) < 4.78 is 3.02. The molecule has 0 bridgehead atoms. The van der Waals surface area contributed by atoms with Gasteiger partial charge in [0, 0.05) is 22.3 Å². The van der Waals surface area contributed by atoms with Gasteiger partial charge in [0.25, 0.3) is 0 Å². The Morgan fingerprint density at radius 3 is 2.75 bits per heavy atom. The summed E-state index contributed by atoms with van der Waals surface area (Å²) in [6.45, 7) is 2.00. The van der Waals surface area contributed by atoms with Gasteiger partial charge in [0.05, 0.1) is 15.9 Å². The molecule has 0 amide bonds. The molecule has 0 radical (unpaired) electrons. The van der Waals surface area contributed by atoms with Crippen LogP contribution in [0, 0.1) is 6.92 Å². The summed E-state index contributed by atoms with van der Waals surface area (Å²) in [5, 5.41) is 6.88. The van der Waals surface area contributed by atoms with Crippen LogP contribution < -0.4 is 5.32 Å². The van der Waals surface area contributed by atoms with E-state index in [2.05, 4.69) is 30.6 Å². The fourth-order valence-electron chi connectivity index (χ4n) is 2.55. The minimum atomic E-state index is 0.715. The molecule has 1 aromatic carbocycles. The van der Waals surface area contributed by atoms with Crippen molar-refractivity contribution in [3.05, 3.63) is 63.2 Å². The molecule has 4 rings (SSSR count). The molecule has 3 aromatic heterocycles. The van der Waals surface area contributed by atoms with E-state index in [0.717, 1.165) is 38.0 Å². The predicted octanol–water partition coefficient (Wildman–Crippen LogP) is 5.93. The summed E-state index contributed by atoms with van der Waals surface area (Å²) in [5.41, 5.74) is 4.71. The summed E-state index contributed by atoms with van der Waals surface area (Å²) in [5.74, 6) is 0. The molecule has 1 N–H and O–H groups in total. The van der Waals surface area contributed by atoms with Gasteiger partial charge in [0.1, 0.15) is 5.69 Å². The standard InChI is InChI=1S/C17H12BrClN4S/c1-10-15(23-8-2-3-13(18)16(23)20-10)14-9-24-17(22-14)21-12-6-4-11(19)5-7-12/h2-9H,1H3,(H,21,22). The number of aryl methyl sites for hydroxylation is 1. The maximum Gasteiger partial charge on any atom is 0.187 e. The Bertz CT molecular complexity index is 1020. The Hall–Kier alpha value is -1.89. The first-order valence-corrected chi connectivity index (χ1v) is 9.28. The number of nitrogens with one attached hydrogen (secondary N) is 1. The number of fused-ring (bicyclic) bond motifs is 1. The summed E-state index contributed by atoms with van der Waals surface area (Å²) >= 11 is 11.0. The van der Waals surface area contributed by atoms with Gasteiger partial charge in [0.2, 0.25) is 0 Å². The van der Waals surface area contributed by atoms with Crippen molar-refractivity contribution in [3.63, 3.8) is 0 Å². The van der Waals surface area contributed by atoms with Crippen molar-refractivity contribution in [2.24, 2.45) is 0 Å². The van der Waals surface area contributed by atoms with Crippen LogP contribution >= 0.6 is 38.9 Å². The van der Waals surface area contributed by atoms with E-state index in [0.29, 0.717) is 5.02 Å². The summed E-state index contributed by atoms with van der Waals surface area (Å²) in [6, 6.07) is 11.5. The van der Waals surface area contributed by atoms with Crippen LogP contribution in [-0.4, -0.2) is 14.4 Å². The largest absolute Gasteiger partial charge is 0.332 e. The highest BCUT2D eigenvalue weighted by Gasteiger charge is 2.15. The fourth-order valence-corrected chi connectivity index (χ4v) is 3.83. The zero-order valence-corrected chi connectivity index (χ0v) is 15.8. The molecule has 7 heteroatoms. The Morgan fingerprint density at radius 2 is 1.96 bits per heavy atom. The van der Waals surface area contributed by atoms with Crippen LogP contribution in [0.25, 0.3) is 17.0 Å². The highest BCUT2D eigenvalue weighted by Crippen LogP contribution is 2.31. The molecule has 4 nitrogen and oxygen atoms in total. The Balaban J connectivity index is 1.71. The van der Waals surface area contributed by atoms with Crippen molar-refractivity contribution in [1.82, 2.24) is 14.4 Å². The molecule has 0 saturated carbocycles. The van der Waals surface area contributed by atoms with E-state index >= 15 is 0 Å². The van der Waals surface area contributed by atoms with Gasteiger partial charge in [-0.3, -0.25) is 4.40 Å². The number of benzene rings is 1. The van der Waals surface area contributed by atoms with E-state index in [1.807, 2.05) is 54.9 Å². The maximum absolute atomic E-state index is 5.92. The predicted molar refractivity (Wildman–Crippen MR) is 103 cm³/mol. The highest BCUT2D eigenvalue weighted by atomic mass is 79.9. The van der Waals surface area contributed by atoms with Crippen molar-refractivity contribution in [1.29, 1.82) is 0 Å². The van der Waals surface area contributed by atoms with Crippen LogP contribution in [0.3, 0.4) is 0 Å². The molecule has 0 saturated heterocycles. The van der Waals surface area contributed by atoms with Gasteiger partial charge >= 0.3 is 0 Å². The van der Waals surface area contributed by atoms with Crippen molar-refractivity contribution < 1.29 is 0 Å². The second-order valence-electron chi connectivity index (χ2n) is 5.27. The van der Waals surface area contributed by atoms with Gasteiger partial charge in [-0.25, -0.2) is 9.97 Å². The van der Waals surface area contributed by atoms with Crippen molar-refractivity contribution in [2.75, 3.05) is 5.32 Å². The van der Waals surface area contributed by atoms with E-state index in [4.69, 9.17) is 16.6 Å². The zero-order valence-electron chi connectivity index (χ0n) is 12.6. The lowest BCUT2D eigenvalue weighted by atomic mass is 10.3. The number of halogens is 2. The second kappa shape index (κ2) is 6.20. The summed E-state index contributed by atoms with van der Waals surface area (Å²) in [7, 11) is 0. The number of hydrogen-bond acceptors (Lipinski definition) is 4. The molecule has 0 fully saturated rings. The average molecular weight is 420 g/mol. The lowest BCUT2D eigenvalue weighted by Crippen LogP contribution is -1.92. The van der Waals surface area contributed by atoms with Crippen molar-refractivity contribution >= 4 is 55.3 Å². The van der Waals surface area contributed by atoms with Crippen molar-refractivity contribution in [2.45, 2.75) is 6.92 Å². The third-order valence-electron chi connectivity index (χ3n) is 3.62. The Labute approximate surface area is 156 Å². The molecule has 0 aliphatic carbocycles. The van der Waals surface area contributed by atoms with E-state index in [1.165, 1.54) is 0 Å². The number of hydrogen-bond donors (Lipinski definition) is 1. The minimum absolute atomic E-state index is 0.715. The van der Waals surface area contributed by atoms with Crippen LogP contribution in [0.15, 0.2) is 52.4 Å². The molecule has 3 heterocycles. The number of anilines is 2. The SMILES string of the molecule is Cc1nc2c(Br)cccn2c1-c1csc(Nc2ccc(Cl)cc2)n1. The Morgan fingerprint density at radius 1 is 1.17 bits per heavy atom. The monoisotopic (exact) mass is 418 g/mol. The topological polar surface area (TPSA) is 42.2 Å². The van der Waals surface area contributed by atoms with E-state index < -0.39 is 0 Å². The first kappa shape index (κ1) is 15.6.